The van der Waals surface area contributed by atoms with Crippen LogP contribution in [0.2, 0.25) is 0 Å². The molecule has 0 aliphatic heterocycles. The van der Waals surface area contributed by atoms with E-state index in [4.69, 9.17) is 13.0 Å². The Balaban J connectivity index is 4.07. The summed E-state index contributed by atoms with van der Waals surface area (Å²) in [6.07, 6.45) is 5.63. The third-order valence-electron chi connectivity index (χ3n) is 2.56. The van der Waals surface area contributed by atoms with Crippen LogP contribution in [0.25, 0.3) is 0 Å². The van der Waals surface area contributed by atoms with Gasteiger partial charge in [-0.15, -0.1) is 0 Å². The number of nitrogens with one attached hydrogen (secondary N) is 1. The first-order chi connectivity index (χ1) is 7.04. The molecule has 4 heteroatoms. The molecule has 3 nitrogen and oxygen atoms in total. The maximum Gasteiger partial charge on any atom is 0.404 e. The van der Waals surface area contributed by atoms with Crippen molar-refractivity contribution in [1.82, 2.24) is 5.32 Å². The van der Waals surface area contributed by atoms with Crippen LogP contribution in [0.3, 0.4) is 0 Å². The molecule has 2 radical (unpaired) electrons. The molecule has 0 aliphatic carbocycles. The van der Waals surface area contributed by atoms with E-state index in [0.717, 1.165) is 44.9 Å². The van der Waals surface area contributed by atoms with Gasteiger partial charge in [0.15, 0.2) is 0 Å². The molecule has 0 saturated carbocycles. The van der Waals surface area contributed by atoms with Crippen LogP contribution in [0.5, 0.6) is 0 Å². The van der Waals surface area contributed by atoms with Crippen LogP contribution in [0, 0.1) is 0 Å². The van der Waals surface area contributed by atoms with Crippen LogP contribution in [-0.4, -0.2) is 24.5 Å². The van der Waals surface area contributed by atoms with E-state index in [1.165, 1.54) is 0 Å². The van der Waals surface area contributed by atoms with Crippen molar-refractivity contribution in [2.24, 2.45) is 0 Å². The monoisotopic (exact) mass is 211 g/mol. The number of carbonyl (C=O) groups is 1. The summed E-state index contributed by atoms with van der Waals surface area (Å²) in [4.78, 5) is 10.6. The second kappa shape index (κ2) is 7.60. The lowest BCUT2D eigenvalue weighted by atomic mass is 9.70. The first-order valence-electron chi connectivity index (χ1n) is 5.84. The van der Waals surface area contributed by atoms with Crippen molar-refractivity contribution < 1.29 is 9.90 Å². The molecule has 0 rings (SSSR count). The third-order valence-corrected chi connectivity index (χ3v) is 2.56. The van der Waals surface area contributed by atoms with E-state index >= 15 is 0 Å². The van der Waals surface area contributed by atoms with E-state index in [9.17, 15) is 4.79 Å². The Morgan fingerprint density at radius 2 is 1.73 bits per heavy atom. The van der Waals surface area contributed by atoms with Crippen molar-refractivity contribution in [3.05, 3.63) is 0 Å². The van der Waals surface area contributed by atoms with Crippen LogP contribution in [-0.2, 0) is 0 Å². The zero-order chi connectivity index (χ0) is 11.7. The maximum atomic E-state index is 10.6. The van der Waals surface area contributed by atoms with E-state index < -0.39 is 11.5 Å². The summed E-state index contributed by atoms with van der Waals surface area (Å²) in [6.45, 7) is 4.20. The van der Waals surface area contributed by atoms with Gasteiger partial charge in [0, 0.05) is 5.44 Å². The van der Waals surface area contributed by atoms with Crippen LogP contribution < -0.4 is 5.32 Å². The van der Waals surface area contributed by atoms with E-state index in [-0.39, 0.29) is 0 Å². The number of hydrogen-bond donors (Lipinski definition) is 2. The van der Waals surface area contributed by atoms with Crippen molar-refractivity contribution in [2.75, 3.05) is 0 Å². The summed E-state index contributed by atoms with van der Waals surface area (Å²) in [5.41, 5.74) is -0.725. The number of hydrogen-bond acceptors (Lipinski definition) is 1. The van der Waals surface area contributed by atoms with E-state index in [1.807, 2.05) is 0 Å². The number of carboxylic acid groups (broad SMARTS) is 1. The normalized spacial score (nSPS) is 14.5. The van der Waals surface area contributed by atoms with Gasteiger partial charge in [-0.2, -0.15) is 0 Å². The fraction of sp³-hybridized carbons (Fsp3) is 0.909. The molecule has 1 atom stereocenters. The van der Waals surface area contributed by atoms with E-state index in [0.29, 0.717) is 0 Å². The lowest BCUT2D eigenvalue weighted by Gasteiger charge is -2.30. The van der Waals surface area contributed by atoms with Gasteiger partial charge in [0.05, 0.1) is 0 Å². The van der Waals surface area contributed by atoms with Crippen LogP contribution >= 0.6 is 0 Å². The average molecular weight is 211 g/mol. The standard InChI is InChI=1S/C11H22BNO2/c1-3-5-7-9-11(12,8-6-4-2)13-10(14)15/h13H,3-9H2,1-2H3,(H,14,15). The van der Waals surface area contributed by atoms with Gasteiger partial charge < -0.3 is 10.4 Å². The topological polar surface area (TPSA) is 49.3 Å². The summed E-state index contributed by atoms with van der Waals surface area (Å²) >= 11 is 0. The second-order valence-corrected chi connectivity index (χ2v) is 4.15. The van der Waals surface area contributed by atoms with Crippen LogP contribution in [0.1, 0.15) is 58.8 Å². The third kappa shape index (κ3) is 7.29. The zero-order valence-corrected chi connectivity index (χ0v) is 9.88. The summed E-state index contributed by atoms with van der Waals surface area (Å²) in [5, 5.41) is 11.2. The van der Waals surface area contributed by atoms with Crippen molar-refractivity contribution in [1.29, 1.82) is 0 Å². The molecule has 0 fully saturated rings. The van der Waals surface area contributed by atoms with Gasteiger partial charge in [-0.25, -0.2) is 4.79 Å². The largest absolute Gasteiger partial charge is 0.465 e. The molecule has 0 heterocycles. The molecule has 86 valence electrons. The lowest BCUT2D eigenvalue weighted by molar-refractivity contribution is 0.183. The van der Waals surface area contributed by atoms with Crippen LogP contribution in [0.4, 0.5) is 4.79 Å². The lowest BCUT2D eigenvalue weighted by Crippen LogP contribution is -2.48. The van der Waals surface area contributed by atoms with Gasteiger partial charge in [0.25, 0.3) is 0 Å². The molecular weight excluding hydrogens is 189 g/mol. The molecule has 0 aliphatic rings. The fourth-order valence-electron chi connectivity index (χ4n) is 1.65. The Bertz CT molecular complexity index is 187. The summed E-state index contributed by atoms with van der Waals surface area (Å²) in [5.74, 6) is 0. The van der Waals surface area contributed by atoms with Crippen LogP contribution in [0.15, 0.2) is 0 Å². The Morgan fingerprint density at radius 3 is 2.20 bits per heavy atom. The highest BCUT2D eigenvalue weighted by Gasteiger charge is 2.24. The summed E-state index contributed by atoms with van der Waals surface area (Å²) in [6, 6.07) is 0. The molecule has 0 saturated heterocycles. The molecule has 15 heavy (non-hydrogen) atoms. The van der Waals surface area contributed by atoms with Gasteiger partial charge in [-0.3, -0.25) is 0 Å². The predicted octanol–water partition coefficient (Wildman–Crippen LogP) is 2.89. The average Bonchev–Trinajstić information content (AvgIpc) is 2.14. The van der Waals surface area contributed by atoms with Crippen molar-refractivity contribution >= 4 is 13.9 Å². The number of amides is 1. The molecule has 1 amide bonds. The molecule has 0 aromatic carbocycles. The van der Waals surface area contributed by atoms with Gasteiger partial charge >= 0.3 is 6.09 Å². The summed E-state index contributed by atoms with van der Waals surface area (Å²) < 4.78 is 0. The van der Waals surface area contributed by atoms with Gasteiger partial charge in [-0.05, 0) is 12.8 Å². The fourth-order valence-corrected chi connectivity index (χ4v) is 1.65. The number of unbranched alkanes of at least 4 members (excludes halogenated alkanes) is 3. The molecular formula is C11H22BNO2. The molecule has 2 N–H and O–H groups in total. The second-order valence-electron chi connectivity index (χ2n) is 4.15. The van der Waals surface area contributed by atoms with Gasteiger partial charge in [0.1, 0.15) is 7.85 Å². The predicted molar refractivity (Wildman–Crippen MR) is 63.3 cm³/mol. The minimum atomic E-state index is -1.02. The Morgan fingerprint density at radius 1 is 1.20 bits per heavy atom. The molecule has 0 aromatic heterocycles. The minimum absolute atomic E-state index is 0.722. The maximum absolute atomic E-state index is 10.6. The minimum Gasteiger partial charge on any atom is -0.465 e. The van der Waals surface area contributed by atoms with E-state index in [1.54, 1.807) is 0 Å². The smallest absolute Gasteiger partial charge is 0.404 e. The quantitative estimate of drug-likeness (QED) is 0.479. The Labute approximate surface area is 94.0 Å². The van der Waals surface area contributed by atoms with Crippen molar-refractivity contribution in [3.8, 4) is 0 Å². The molecule has 0 bridgehead atoms. The number of rotatable bonds is 8. The highest BCUT2D eigenvalue weighted by atomic mass is 16.4. The van der Waals surface area contributed by atoms with E-state index in [2.05, 4.69) is 19.2 Å². The van der Waals surface area contributed by atoms with Gasteiger partial charge in [0.2, 0.25) is 0 Å². The van der Waals surface area contributed by atoms with Crippen molar-refractivity contribution in [3.63, 3.8) is 0 Å². The molecule has 0 spiro atoms. The van der Waals surface area contributed by atoms with Gasteiger partial charge in [-0.1, -0.05) is 46.0 Å². The summed E-state index contributed by atoms with van der Waals surface area (Å²) in [7, 11) is 6.03. The zero-order valence-electron chi connectivity index (χ0n) is 9.88. The highest BCUT2D eigenvalue weighted by Crippen LogP contribution is 2.18. The first-order valence-corrected chi connectivity index (χ1v) is 5.84. The molecule has 0 aromatic rings. The van der Waals surface area contributed by atoms with Crippen molar-refractivity contribution in [2.45, 2.75) is 64.2 Å². The Kier molecular flexibility index (Phi) is 7.27. The molecule has 1 unspecified atom stereocenters. The SMILES string of the molecule is [B]C(CCCC)(CCCCC)NC(=O)O. The first kappa shape index (κ1) is 14.3. The highest BCUT2D eigenvalue weighted by molar-refractivity contribution is 6.16. The Hall–Kier alpha value is -0.665.